The molecule has 0 atom stereocenters. The molecule has 0 radical (unpaired) electrons. The Balaban J connectivity index is 2.05. The summed E-state index contributed by atoms with van der Waals surface area (Å²) in [5.74, 6) is 1.03. The summed E-state index contributed by atoms with van der Waals surface area (Å²) in [5.41, 5.74) is 7.23. The normalized spacial score (nSPS) is 11.3. The number of benzene rings is 1. The molecule has 1 aromatic heterocycles. The molecule has 1 heterocycles. The van der Waals surface area contributed by atoms with Gasteiger partial charge in [0.1, 0.15) is 5.75 Å². The summed E-state index contributed by atoms with van der Waals surface area (Å²) in [6, 6.07) is 10.9. The first-order valence-corrected chi connectivity index (χ1v) is 7.03. The molecule has 3 N–H and O–H groups in total. The van der Waals surface area contributed by atoms with Crippen LogP contribution in [0.4, 0.5) is 5.69 Å². The number of aliphatic imine (C=N–C) groups is 1. The molecule has 2 aromatic rings. The van der Waals surface area contributed by atoms with Gasteiger partial charge >= 0.3 is 0 Å². The van der Waals surface area contributed by atoms with Crippen LogP contribution in [0, 0.1) is 0 Å². The summed E-state index contributed by atoms with van der Waals surface area (Å²) in [4.78, 5) is 16.3. The highest BCUT2D eigenvalue weighted by molar-refractivity contribution is 5.92. The second-order valence-corrected chi connectivity index (χ2v) is 4.68. The largest absolute Gasteiger partial charge is 0.497 e. The topological polar surface area (TPSA) is 81.6 Å². The number of methoxy groups -OCH3 is 1. The maximum absolute atomic E-state index is 12.1. The number of nitrogens with two attached hydrogens (primary N) is 1. The van der Waals surface area contributed by atoms with Gasteiger partial charge in [0.2, 0.25) is 0 Å². The Morgan fingerprint density at radius 1 is 1.32 bits per heavy atom. The predicted molar refractivity (Wildman–Crippen MR) is 88.3 cm³/mol. The summed E-state index contributed by atoms with van der Waals surface area (Å²) < 4.78 is 6.73. The molecule has 0 aliphatic rings. The minimum absolute atomic E-state index is 0.0361. The van der Waals surface area contributed by atoms with E-state index in [1.165, 1.54) is 0 Å². The molecule has 0 aliphatic carbocycles. The van der Waals surface area contributed by atoms with Crippen molar-refractivity contribution in [2.75, 3.05) is 12.4 Å². The molecule has 0 amide bonds. The Hall–Kier alpha value is -2.76. The molecule has 116 valence electrons. The minimum atomic E-state index is -0.0361. The molecule has 2 rings (SSSR count). The maximum Gasteiger partial charge on any atom is 0.255 e. The summed E-state index contributed by atoms with van der Waals surface area (Å²) in [6.45, 7) is 2.80. The van der Waals surface area contributed by atoms with Crippen LogP contribution < -0.4 is 21.3 Å². The SMILES string of the molecule is CCn1cccc(CN=C(N)Nc2ccc(OC)cc2)c1=O. The Labute approximate surface area is 129 Å². The van der Waals surface area contributed by atoms with Gasteiger partial charge in [-0.05, 0) is 37.3 Å². The first-order valence-electron chi connectivity index (χ1n) is 7.03. The molecule has 0 bridgehead atoms. The predicted octanol–water partition coefficient (Wildman–Crippen LogP) is 1.80. The van der Waals surface area contributed by atoms with Crippen LogP contribution in [-0.4, -0.2) is 17.6 Å². The van der Waals surface area contributed by atoms with Crippen LogP contribution in [0.2, 0.25) is 0 Å². The number of aromatic nitrogens is 1. The van der Waals surface area contributed by atoms with E-state index in [4.69, 9.17) is 10.5 Å². The summed E-state index contributed by atoms with van der Waals surface area (Å²) in [5, 5.41) is 2.97. The number of ether oxygens (including phenoxy) is 1. The van der Waals surface area contributed by atoms with Gasteiger partial charge in [-0.25, -0.2) is 4.99 Å². The van der Waals surface area contributed by atoms with Crippen molar-refractivity contribution in [1.29, 1.82) is 0 Å². The van der Waals surface area contributed by atoms with Gasteiger partial charge in [0.05, 0.1) is 13.7 Å². The second kappa shape index (κ2) is 7.31. The van der Waals surface area contributed by atoms with E-state index in [1.54, 1.807) is 23.9 Å². The zero-order chi connectivity index (χ0) is 15.9. The Morgan fingerprint density at radius 3 is 2.68 bits per heavy atom. The number of rotatable bonds is 5. The smallest absolute Gasteiger partial charge is 0.255 e. The van der Waals surface area contributed by atoms with E-state index in [-0.39, 0.29) is 18.1 Å². The third-order valence-electron chi connectivity index (χ3n) is 3.22. The number of pyridine rings is 1. The van der Waals surface area contributed by atoms with Crippen molar-refractivity contribution < 1.29 is 4.74 Å². The number of nitrogens with one attached hydrogen (secondary N) is 1. The second-order valence-electron chi connectivity index (χ2n) is 4.68. The van der Waals surface area contributed by atoms with E-state index >= 15 is 0 Å². The quantitative estimate of drug-likeness (QED) is 0.651. The van der Waals surface area contributed by atoms with Gasteiger partial charge in [-0.3, -0.25) is 4.79 Å². The number of guanidine groups is 1. The van der Waals surface area contributed by atoms with Crippen molar-refractivity contribution in [3.63, 3.8) is 0 Å². The molecule has 0 aliphatic heterocycles. The first-order chi connectivity index (χ1) is 10.6. The van der Waals surface area contributed by atoms with E-state index in [0.717, 1.165) is 11.4 Å². The van der Waals surface area contributed by atoms with E-state index in [9.17, 15) is 4.79 Å². The molecule has 0 spiro atoms. The maximum atomic E-state index is 12.1. The Kier molecular flexibility index (Phi) is 5.19. The van der Waals surface area contributed by atoms with E-state index in [1.807, 2.05) is 37.3 Å². The molecule has 0 fully saturated rings. The third kappa shape index (κ3) is 3.88. The first kappa shape index (κ1) is 15.6. The molecule has 1 aromatic carbocycles. The highest BCUT2D eigenvalue weighted by Gasteiger charge is 2.02. The van der Waals surface area contributed by atoms with Crippen LogP contribution in [0.1, 0.15) is 12.5 Å². The van der Waals surface area contributed by atoms with Crippen molar-refractivity contribution in [2.24, 2.45) is 10.7 Å². The van der Waals surface area contributed by atoms with Crippen LogP contribution in [0.5, 0.6) is 5.75 Å². The van der Waals surface area contributed by atoms with E-state index in [0.29, 0.717) is 12.1 Å². The number of anilines is 1. The lowest BCUT2D eigenvalue weighted by Crippen LogP contribution is -2.25. The average Bonchev–Trinajstić information content (AvgIpc) is 2.54. The zero-order valence-electron chi connectivity index (χ0n) is 12.7. The lowest BCUT2D eigenvalue weighted by atomic mass is 10.3. The molecular weight excluding hydrogens is 280 g/mol. The van der Waals surface area contributed by atoms with Crippen molar-refractivity contribution in [3.8, 4) is 5.75 Å². The van der Waals surface area contributed by atoms with Gasteiger partial charge < -0.3 is 20.4 Å². The number of aryl methyl sites for hydroxylation is 1. The summed E-state index contributed by atoms with van der Waals surface area (Å²) in [7, 11) is 1.61. The molecular formula is C16H20N4O2. The lowest BCUT2D eigenvalue weighted by molar-refractivity contribution is 0.415. The van der Waals surface area contributed by atoms with Gasteiger partial charge in [0.25, 0.3) is 5.56 Å². The number of hydrogen-bond acceptors (Lipinski definition) is 3. The van der Waals surface area contributed by atoms with Crippen molar-refractivity contribution in [1.82, 2.24) is 4.57 Å². The van der Waals surface area contributed by atoms with Gasteiger partial charge in [-0.2, -0.15) is 0 Å². The summed E-state index contributed by atoms with van der Waals surface area (Å²) in [6.07, 6.45) is 1.76. The molecule has 22 heavy (non-hydrogen) atoms. The summed E-state index contributed by atoms with van der Waals surface area (Å²) >= 11 is 0. The van der Waals surface area contributed by atoms with Crippen LogP contribution in [0.25, 0.3) is 0 Å². The van der Waals surface area contributed by atoms with Crippen molar-refractivity contribution >= 4 is 11.6 Å². The highest BCUT2D eigenvalue weighted by Crippen LogP contribution is 2.14. The molecule has 0 unspecified atom stereocenters. The van der Waals surface area contributed by atoms with Gasteiger partial charge in [-0.1, -0.05) is 6.07 Å². The van der Waals surface area contributed by atoms with Crippen LogP contribution in [0.15, 0.2) is 52.4 Å². The number of hydrogen-bond donors (Lipinski definition) is 2. The van der Waals surface area contributed by atoms with Crippen molar-refractivity contribution in [2.45, 2.75) is 20.0 Å². The van der Waals surface area contributed by atoms with Gasteiger partial charge in [0.15, 0.2) is 5.96 Å². The Bertz CT molecular complexity index is 705. The monoisotopic (exact) mass is 300 g/mol. The fourth-order valence-electron chi connectivity index (χ4n) is 1.99. The van der Waals surface area contributed by atoms with Gasteiger partial charge in [0, 0.05) is 24.0 Å². The van der Waals surface area contributed by atoms with Gasteiger partial charge in [-0.15, -0.1) is 0 Å². The zero-order valence-corrected chi connectivity index (χ0v) is 12.7. The molecule has 6 heteroatoms. The fourth-order valence-corrected chi connectivity index (χ4v) is 1.99. The van der Waals surface area contributed by atoms with E-state index < -0.39 is 0 Å². The lowest BCUT2D eigenvalue weighted by Gasteiger charge is -2.07. The molecule has 0 saturated carbocycles. The third-order valence-corrected chi connectivity index (χ3v) is 3.22. The van der Waals surface area contributed by atoms with Crippen LogP contribution in [-0.2, 0) is 13.1 Å². The number of nitrogens with zero attached hydrogens (tertiary/aromatic N) is 2. The van der Waals surface area contributed by atoms with Crippen molar-refractivity contribution in [3.05, 3.63) is 58.5 Å². The standard InChI is InChI=1S/C16H20N4O2/c1-3-20-10-4-5-12(15(20)21)11-18-16(17)19-13-6-8-14(22-2)9-7-13/h4-10H,3,11H2,1-2H3,(H3,17,18,19). The van der Waals surface area contributed by atoms with Crippen LogP contribution >= 0.6 is 0 Å². The Morgan fingerprint density at radius 2 is 2.05 bits per heavy atom. The molecule has 0 saturated heterocycles. The minimum Gasteiger partial charge on any atom is -0.497 e. The fraction of sp³-hybridized carbons (Fsp3) is 0.250. The molecule has 6 nitrogen and oxygen atoms in total. The average molecular weight is 300 g/mol. The van der Waals surface area contributed by atoms with E-state index in [2.05, 4.69) is 10.3 Å². The van der Waals surface area contributed by atoms with Crippen LogP contribution in [0.3, 0.4) is 0 Å². The highest BCUT2D eigenvalue weighted by atomic mass is 16.5.